The van der Waals surface area contributed by atoms with Crippen LogP contribution in [0.25, 0.3) is 0 Å². The first kappa shape index (κ1) is 16.4. The van der Waals surface area contributed by atoms with Crippen molar-refractivity contribution < 1.29 is 19.4 Å². The van der Waals surface area contributed by atoms with E-state index in [1.807, 2.05) is 0 Å². The molecule has 0 bridgehead atoms. The van der Waals surface area contributed by atoms with E-state index < -0.39 is 12.0 Å². The van der Waals surface area contributed by atoms with E-state index in [1.165, 1.54) is 16.8 Å². The Bertz CT molecular complexity index is 294. The first-order valence-corrected chi connectivity index (χ1v) is 5.83. The molecule has 0 saturated heterocycles. The number of likely N-dealkylation sites (N-methyl/N-ethyl adjacent to an activating group) is 1. The van der Waals surface area contributed by atoms with Gasteiger partial charge >= 0.3 is 12.0 Å². The number of nitrogens with zero attached hydrogens (tertiary/aromatic N) is 2. The molecule has 0 aliphatic rings. The van der Waals surface area contributed by atoms with Crippen molar-refractivity contribution in [2.45, 2.75) is 19.4 Å². The van der Waals surface area contributed by atoms with Gasteiger partial charge in [-0.15, -0.1) is 6.58 Å². The second-order valence-electron chi connectivity index (χ2n) is 3.88. The molecule has 0 aromatic carbocycles. The summed E-state index contributed by atoms with van der Waals surface area (Å²) < 4.78 is 4.92. The minimum Gasteiger partial charge on any atom is -0.480 e. The zero-order chi connectivity index (χ0) is 14.1. The van der Waals surface area contributed by atoms with E-state index in [2.05, 4.69) is 6.58 Å². The smallest absolute Gasteiger partial charge is 0.326 e. The minimum atomic E-state index is -1.00. The topological polar surface area (TPSA) is 70.1 Å². The molecule has 0 radical (unpaired) electrons. The highest BCUT2D eigenvalue weighted by Gasteiger charge is 2.27. The van der Waals surface area contributed by atoms with Crippen molar-refractivity contribution in [3.8, 4) is 0 Å². The van der Waals surface area contributed by atoms with Crippen LogP contribution in [0, 0.1) is 0 Å². The number of carboxylic acids is 1. The molecule has 0 heterocycles. The fourth-order valence-corrected chi connectivity index (χ4v) is 1.59. The van der Waals surface area contributed by atoms with Crippen molar-refractivity contribution in [2.75, 3.05) is 33.9 Å². The van der Waals surface area contributed by atoms with E-state index in [0.717, 1.165) is 0 Å². The van der Waals surface area contributed by atoms with Crippen molar-refractivity contribution >= 4 is 12.0 Å². The van der Waals surface area contributed by atoms with E-state index in [9.17, 15) is 9.59 Å². The maximum Gasteiger partial charge on any atom is 0.326 e. The average Bonchev–Trinajstić information content (AvgIpc) is 2.33. The molecule has 1 unspecified atom stereocenters. The Morgan fingerprint density at radius 1 is 1.50 bits per heavy atom. The Morgan fingerprint density at radius 2 is 2.11 bits per heavy atom. The second kappa shape index (κ2) is 8.52. The Balaban J connectivity index is 4.72. The largest absolute Gasteiger partial charge is 0.480 e. The first-order chi connectivity index (χ1) is 8.49. The molecule has 0 spiro atoms. The summed E-state index contributed by atoms with van der Waals surface area (Å²) in [4.78, 5) is 25.9. The van der Waals surface area contributed by atoms with Crippen molar-refractivity contribution in [3.05, 3.63) is 12.7 Å². The van der Waals surface area contributed by atoms with Crippen molar-refractivity contribution in [1.29, 1.82) is 0 Å². The molecule has 6 nitrogen and oxygen atoms in total. The van der Waals surface area contributed by atoms with Gasteiger partial charge in [-0.2, -0.15) is 0 Å². The molecular formula is C12H22N2O4. The van der Waals surface area contributed by atoms with Crippen LogP contribution < -0.4 is 0 Å². The van der Waals surface area contributed by atoms with Gasteiger partial charge in [0.25, 0.3) is 0 Å². The van der Waals surface area contributed by atoms with Crippen LogP contribution in [-0.4, -0.2) is 66.8 Å². The predicted molar refractivity (Wildman–Crippen MR) is 68.5 cm³/mol. The predicted octanol–water partition coefficient (Wildman–Crippen LogP) is 1.04. The average molecular weight is 258 g/mol. The molecule has 1 atom stereocenters. The molecular weight excluding hydrogens is 236 g/mol. The third kappa shape index (κ3) is 4.75. The van der Waals surface area contributed by atoms with Gasteiger partial charge in [0.05, 0.1) is 6.61 Å². The van der Waals surface area contributed by atoms with Gasteiger partial charge in [0.1, 0.15) is 6.04 Å². The summed E-state index contributed by atoms with van der Waals surface area (Å²) in [6, 6.07) is -1.14. The highest BCUT2D eigenvalue weighted by molar-refractivity contribution is 5.82. The number of aliphatic carboxylic acids is 1. The Morgan fingerprint density at radius 3 is 2.50 bits per heavy atom. The van der Waals surface area contributed by atoms with Crippen LogP contribution in [0.3, 0.4) is 0 Å². The molecule has 104 valence electrons. The van der Waals surface area contributed by atoms with Gasteiger partial charge in [-0.25, -0.2) is 9.59 Å². The molecule has 6 heteroatoms. The summed E-state index contributed by atoms with van der Waals surface area (Å²) >= 11 is 0. The van der Waals surface area contributed by atoms with Crippen LogP contribution in [0.5, 0.6) is 0 Å². The second-order valence-corrected chi connectivity index (χ2v) is 3.88. The zero-order valence-corrected chi connectivity index (χ0v) is 11.3. The summed E-state index contributed by atoms with van der Waals surface area (Å²) in [6.45, 7) is 6.48. The SMILES string of the molecule is C=CCN(CCOC)C(=O)N(C)C(CC)C(=O)O. The number of methoxy groups -OCH3 is 1. The van der Waals surface area contributed by atoms with Crippen LogP contribution >= 0.6 is 0 Å². The van der Waals surface area contributed by atoms with Gasteiger partial charge < -0.3 is 19.6 Å². The molecule has 0 aromatic rings. The van der Waals surface area contributed by atoms with E-state index in [-0.39, 0.29) is 6.03 Å². The number of hydrogen-bond acceptors (Lipinski definition) is 3. The lowest BCUT2D eigenvalue weighted by molar-refractivity contribution is -0.142. The van der Waals surface area contributed by atoms with Crippen LogP contribution in [0.2, 0.25) is 0 Å². The van der Waals surface area contributed by atoms with E-state index >= 15 is 0 Å². The lowest BCUT2D eigenvalue weighted by Crippen LogP contribution is -2.49. The fraction of sp³-hybridized carbons (Fsp3) is 0.667. The van der Waals surface area contributed by atoms with Gasteiger partial charge in [0, 0.05) is 27.2 Å². The normalized spacial score (nSPS) is 11.7. The molecule has 0 aliphatic heterocycles. The third-order valence-electron chi connectivity index (χ3n) is 2.63. The summed E-state index contributed by atoms with van der Waals surface area (Å²) in [5.41, 5.74) is 0. The van der Waals surface area contributed by atoms with E-state index in [4.69, 9.17) is 9.84 Å². The molecule has 0 aromatic heterocycles. The number of ether oxygens (including phenoxy) is 1. The molecule has 18 heavy (non-hydrogen) atoms. The fourth-order valence-electron chi connectivity index (χ4n) is 1.59. The number of carboxylic acid groups (broad SMARTS) is 1. The zero-order valence-electron chi connectivity index (χ0n) is 11.3. The molecule has 0 fully saturated rings. The molecule has 0 aliphatic carbocycles. The van der Waals surface area contributed by atoms with Gasteiger partial charge in [-0.05, 0) is 6.42 Å². The summed E-state index contributed by atoms with van der Waals surface area (Å²) in [5, 5.41) is 9.02. The number of carbonyl (C=O) groups excluding carboxylic acids is 1. The number of amides is 2. The quantitative estimate of drug-likeness (QED) is 0.660. The van der Waals surface area contributed by atoms with Gasteiger partial charge in [0.15, 0.2) is 0 Å². The Labute approximate surface area is 108 Å². The Hall–Kier alpha value is -1.56. The van der Waals surface area contributed by atoms with Crippen LogP contribution in [0.4, 0.5) is 4.79 Å². The highest BCUT2D eigenvalue weighted by atomic mass is 16.5. The number of hydrogen-bond donors (Lipinski definition) is 1. The monoisotopic (exact) mass is 258 g/mol. The lowest BCUT2D eigenvalue weighted by atomic mass is 10.2. The molecule has 1 N–H and O–H groups in total. The lowest BCUT2D eigenvalue weighted by Gasteiger charge is -2.30. The summed E-state index contributed by atoms with van der Waals surface area (Å²) in [5.74, 6) is -1.00. The van der Waals surface area contributed by atoms with Crippen molar-refractivity contribution in [2.24, 2.45) is 0 Å². The first-order valence-electron chi connectivity index (χ1n) is 5.83. The number of carbonyl (C=O) groups is 2. The van der Waals surface area contributed by atoms with E-state index in [0.29, 0.717) is 26.1 Å². The van der Waals surface area contributed by atoms with Crippen molar-refractivity contribution in [1.82, 2.24) is 9.80 Å². The van der Waals surface area contributed by atoms with Crippen LogP contribution in [-0.2, 0) is 9.53 Å². The van der Waals surface area contributed by atoms with Crippen molar-refractivity contribution in [3.63, 3.8) is 0 Å². The summed E-state index contributed by atoms with van der Waals surface area (Å²) in [6.07, 6.45) is 1.97. The van der Waals surface area contributed by atoms with Gasteiger partial charge in [-0.1, -0.05) is 13.0 Å². The number of urea groups is 1. The molecule has 0 rings (SSSR count). The minimum absolute atomic E-state index is 0.332. The van der Waals surface area contributed by atoms with E-state index in [1.54, 1.807) is 20.1 Å². The molecule has 0 saturated carbocycles. The van der Waals surface area contributed by atoms with Gasteiger partial charge in [0.2, 0.25) is 0 Å². The third-order valence-corrected chi connectivity index (χ3v) is 2.63. The Kier molecular flexibility index (Phi) is 7.78. The van der Waals surface area contributed by atoms with Gasteiger partial charge in [-0.3, -0.25) is 0 Å². The highest BCUT2D eigenvalue weighted by Crippen LogP contribution is 2.06. The number of rotatable bonds is 8. The molecule has 2 amide bonds. The standard InChI is InChI=1S/C12H22N2O4/c1-5-7-14(8-9-18-4)12(17)13(3)10(6-2)11(15)16/h5,10H,1,6-9H2,2-4H3,(H,15,16). The van der Waals surface area contributed by atoms with Crippen LogP contribution in [0.15, 0.2) is 12.7 Å². The summed E-state index contributed by atoms with van der Waals surface area (Å²) in [7, 11) is 3.04. The maximum absolute atomic E-state index is 12.1. The maximum atomic E-state index is 12.1. The van der Waals surface area contributed by atoms with Crippen LogP contribution in [0.1, 0.15) is 13.3 Å².